The van der Waals surface area contributed by atoms with Crippen LogP contribution in [-0.2, 0) is 11.3 Å². The minimum absolute atomic E-state index is 0.0801. The van der Waals surface area contributed by atoms with E-state index in [-0.39, 0.29) is 18.5 Å². The van der Waals surface area contributed by atoms with Gasteiger partial charge in [-0.05, 0) is 19.5 Å². The Hall–Kier alpha value is -1.39. The number of benzene rings is 1. The Morgan fingerprint density at radius 3 is 2.63 bits per heavy atom. The fraction of sp³-hybridized carbons (Fsp3) is 0.533. The summed E-state index contributed by atoms with van der Waals surface area (Å²) < 4.78 is 0. The zero-order valence-corrected chi connectivity index (χ0v) is 11.6. The minimum atomic E-state index is -0.717. The van der Waals surface area contributed by atoms with E-state index in [0.717, 1.165) is 19.6 Å². The largest absolute Gasteiger partial charge is 0.481 e. The molecule has 1 aliphatic rings. The SMILES string of the molecule is C[C@@H]1[C@@H](CC(=O)O)N(Cc2ccccc2)CCN1C. The number of likely N-dealkylation sites (N-methyl/N-ethyl adjacent to an activating group) is 1. The number of carboxylic acid groups (broad SMARTS) is 1. The van der Waals surface area contributed by atoms with E-state index in [0.29, 0.717) is 0 Å². The first-order chi connectivity index (χ1) is 9.08. The van der Waals surface area contributed by atoms with Gasteiger partial charge in [0.2, 0.25) is 0 Å². The average Bonchev–Trinajstić information content (AvgIpc) is 2.39. The van der Waals surface area contributed by atoms with Gasteiger partial charge < -0.3 is 10.0 Å². The quantitative estimate of drug-likeness (QED) is 0.896. The highest BCUT2D eigenvalue weighted by Gasteiger charge is 2.33. The summed E-state index contributed by atoms with van der Waals surface area (Å²) in [7, 11) is 2.07. The number of aliphatic carboxylic acids is 1. The lowest BCUT2D eigenvalue weighted by Gasteiger charge is -2.44. The summed E-state index contributed by atoms with van der Waals surface area (Å²) in [6.07, 6.45) is 0.207. The first-order valence-electron chi connectivity index (χ1n) is 6.78. The van der Waals surface area contributed by atoms with Crippen LogP contribution in [0.5, 0.6) is 0 Å². The summed E-state index contributed by atoms with van der Waals surface area (Å²) in [5.74, 6) is -0.717. The molecule has 1 heterocycles. The lowest BCUT2D eigenvalue weighted by Crippen LogP contribution is -2.57. The highest BCUT2D eigenvalue weighted by Crippen LogP contribution is 2.21. The first kappa shape index (κ1) is 14.0. The number of carbonyl (C=O) groups is 1. The summed E-state index contributed by atoms with van der Waals surface area (Å²) in [5, 5.41) is 9.11. The Kier molecular flexibility index (Phi) is 4.56. The van der Waals surface area contributed by atoms with Crippen LogP contribution in [0, 0.1) is 0 Å². The Bertz CT molecular complexity index is 421. The second-order valence-corrected chi connectivity index (χ2v) is 5.34. The van der Waals surface area contributed by atoms with Gasteiger partial charge >= 0.3 is 5.97 Å². The van der Waals surface area contributed by atoms with E-state index in [2.05, 4.69) is 35.9 Å². The van der Waals surface area contributed by atoms with E-state index < -0.39 is 5.97 Å². The molecule has 19 heavy (non-hydrogen) atoms. The van der Waals surface area contributed by atoms with E-state index >= 15 is 0 Å². The average molecular weight is 262 g/mol. The van der Waals surface area contributed by atoms with Crippen molar-refractivity contribution >= 4 is 5.97 Å². The lowest BCUT2D eigenvalue weighted by atomic mass is 9.99. The summed E-state index contributed by atoms with van der Waals surface area (Å²) in [6, 6.07) is 10.6. The third-order valence-corrected chi connectivity index (χ3v) is 4.07. The van der Waals surface area contributed by atoms with E-state index in [1.165, 1.54) is 5.56 Å². The van der Waals surface area contributed by atoms with E-state index in [4.69, 9.17) is 5.11 Å². The van der Waals surface area contributed by atoms with Crippen LogP contribution in [0.3, 0.4) is 0 Å². The van der Waals surface area contributed by atoms with Crippen molar-refractivity contribution in [2.45, 2.75) is 32.0 Å². The van der Waals surface area contributed by atoms with Gasteiger partial charge in [-0.15, -0.1) is 0 Å². The van der Waals surface area contributed by atoms with E-state index in [1.807, 2.05) is 18.2 Å². The van der Waals surface area contributed by atoms with Crippen molar-refractivity contribution < 1.29 is 9.90 Å². The normalized spacial score (nSPS) is 25.4. The molecular formula is C15H22N2O2. The zero-order valence-electron chi connectivity index (χ0n) is 11.6. The van der Waals surface area contributed by atoms with Crippen LogP contribution >= 0.6 is 0 Å². The number of carboxylic acids is 1. The Morgan fingerprint density at radius 2 is 2.00 bits per heavy atom. The maximum atomic E-state index is 11.1. The third-order valence-electron chi connectivity index (χ3n) is 4.07. The van der Waals surface area contributed by atoms with Gasteiger partial charge in [0, 0.05) is 31.7 Å². The predicted molar refractivity (Wildman–Crippen MR) is 75.0 cm³/mol. The summed E-state index contributed by atoms with van der Waals surface area (Å²) in [6.45, 7) is 4.86. The molecule has 1 N–H and O–H groups in total. The molecule has 1 aromatic carbocycles. The van der Waals surface area contributed by atoms with Gasteiger partial charge in [0.15, 0.2) is 0 Å². The predicted octanol–water partition coefficient (Wildman–Crippen LogP) is 1.67. The molecule has 2 atom stereocenters. The summed E-state index contributed by atoms with van der Waals surface area (Å²) in [5.41, 5.74) is 1.25. The van der Waals surface area contributed by atoms with Gasteiger partial charge in [-0.1, -0.05) is 30.3 Å². The van der Waals surface area contributed by atoms with Crippen molar-refractivity contribution in [3.05, 3.63) is 35.9 Å². The second-order valence-electron chi connectivity index (χ2n) is 5.34. The molecule has 0 bridgehead atoms. The van der Waals surface area contributed by atoms with Crippen molar-refractivity contribution in [1.29, 1.82) is 0 Å². The molecule has 1 fully saturated rings. The fourth-order valence-electron chi connectivity index (χ4n) is 2.75. The van der Waals surface area contributed by atoms with Crippen molar-refractivity contribution in [2.24, 2.45) is 0 Å². The van der Waals surface area contributed by atoms with Crippen LogP contribution in [0.2, 0.25) is 0 Å². The van der Waals surface area contributed by atoms with E-state index in [9.17, 15) is 4.79 Å². The summed E-state index contributed by atoms with van der Waals surface area (Å²) >= 11 is 0. The molecule has 4 heteroatoms. The van der Waals surface area contributed by atoms with E-state index in [1.54, 1.807) is 0 Å². The molecular weight excluding hydrogens is 240 g/mol. The van der Waals surface area contributed by atoms with Crippen molar-refractivity contribution in [3.63, 3.8) is 0 Å². The maximum absolute atomic E-state index is 11.1. The number of hydrogen-bond donors (Lipinski definition) is 1. The number of piperazine rings is 1. The standard InChI is InChI=1S/C15H22N2O2/c1-12-14(10-15(18)19)17(9-8-16(12)2)11-13-6-4-3-5-7-13/h3-7,12,14H,8-11H2,1-2H3,(H,18,19)/t12-,14-/m1/s1. The summed E-state index contributed by atoms with van der Waals surface area (Å²) in [4.78, 5) is 15.6. The van der Waals surface area contributed by atoms with Gasteiger partial charge in [-0.25, -0.2) is 0 Å². The number of nitrogens with zero attached hydrogens (tertiary/aromatic N) is 2. The third kappa shape index (κ3) is 3.55. The van der Waals surface area contributed by atoms with Gasteiger partial charge in [0.05, 0.1) is 6.42 Å². The van der Waals surface area contributed by atoms with Gasteiger partial charge in [-0.2, -0.15) is 0 Å². The molecule has 0 spiro atoms. The Labute approximate surface area is 114 Å². The van der Waals surface area contributed by atoms with Gasteiger partial charge in [0.1, 0.15) is 0 Å². The van der Waals surface area contributed by atoms with Crippen molar-refractivity contribution in [1.82, 2.24) is 9.80 Å². The van der Waals surface area contributed by atoms with Crippen LogP contribution in [0.1, 0.15) is 18.9 Å². The molecule has 0 aliphatic carbocycles. The van der Waals surface area contributed by atoms with Crippen molar-refractivity contribution in [2.75, 3.05) is 20.1 Å². The monoisotopic (exact) mass is 262 g/mol. The first-order valence-corrected chi connectivity index (χ1v) is 6.78. The zero-order chi connectivity index (χ0) is 13.8. The van der Waals surface area contributed by atoms with Crippen LogP contribution in [0.25, 0.3) is 0 Å². The number of rotatable bonds is 4. The second kappa shape index (κ2) is 6.17. The number of hydrogen-bond acceptors (Lipinski definition) is 3. The molecule has 2 rings (SSSR count). The topological polar surface area (TPSA) is 43.8 Å². The highest BCUT2D eigenvalue weighted by molar-refractivity contribution is 5.67. The van der Waals surface area contributed by atoms with Crippen LogP contribution in [-0.4, -0.2) is 53.1 Å². The fourth-order valence-corrected chi connectivity index (χ4v) is 2.75. The van der Waals surface area contributed by atoms with Crippen LogP contribution in [0.15, 0.2) is 30.3 Å². The van der Waals surface area contributed by atoms with Crippen LogP contribution in [0.4, 0.5) is 0 Å². The molecule has 1 aromatic rings. The molecule has 4 nitrogen and oxygen atoms in total. The maximum Gasteiger partial charge on any atom is 0.304 e. The molecule has 0 saturated carbocycles. The molecule has 0 aromatic heterocycles. The molecule has 0 unspecified atom stereocenters. The Morgan fingerprint density at radius 1 is 1.32 bits per heavy atom. The van der Waals surface area contributed by atoms with Gasteiger partial charge in [0.25, 0.3) is 0 Å². The lowest BCUT2D eigenvalue weighted by molar-refractivity contribution is -0.139. The molecule has 104 valence electrons. The molecule has 0 amide bonds. The molecule has 0 radical (unpaired) electrons. The van der Waals surface area contributed by atoms with Crippen molar-refractivity contribution in [3.8, 4) is 0 Å². The minimum Gasteiger partial charge on any atom is -0.481 e. The van der Waals surface area contributed by atoms with Gasteiger partial charge in [-0.3, -0.25) is 9.69 Å². The highest BCUT2D eigenvalue weighted by atomic mass is 16.4. The Balaban J connectivity index is 2.10. The smallest absolute Gasteiger partial charge is 0.304 e. The molecule has 1 saturated heterocycles. The molecule has 1 aliphatic heterocycles. The van der Waals surface area contributed by atoms with Crippen LogP contribution < -0.4 is 0 Å².